The fourth-order valence-corrected chi connectivity index (χ4v) is 2.58. The van der Waals surface area contributed by atoms with Crippen molar-refractivity contribution in [3.63, 3.8) is 0 Å². The van der Waals surface area contributed by atoms with E-state index in [9.17, 15) is 9.59 Å². The molecule has 2 N–H and O–H groups in total. The topological polar surface area (TPSA) is 98.8 Å². The van der Waals surface area contributed by atoms with Crippen LogP contribution in [0.2, 0.25) is 0 Å². The van der Waals surface area contributed by atoms with Crippen molar-refractivity contribution >= 4 is 23.3 Å². The molecule has 0 unspecified atom stereocenters. The first kappa shape index (κ1) is 15.3. The summed E-state index contributed by atoms with van der Waals surface area (Å²) in [4.78, 5) is 29.1. The summed E-state index contributed by atoms with van der Waals surface area (Å²) in [6.45, 7) is 2.33. The maximum Gasteiger partial charge on any atom is 0.279 e. The summed E-state index contributed by atoms with van der Waals surface area (Å²) in [5.74, 6) is 0.587. The summed E-state index contributed by atoms with van der Waals surface area (Å²) in [6, 6.07) is 8.32. The summed E-state index contributed by atoms with van der Waals surface area (Å²) in [7, 11) is 0. The second kappa shape index (κ2) is 5.66. The van der Waals surface area contributed by atoms with Crippen LogP contribution in [0.25, 0.3) is 0 Å². The zero-order valence-corrected chi connectivity index (χ0v) is 13.4. The van der Waals surface area contributed by atoms with Crippen molar-refractivity contribution in [1.29, 1.82) is 0 Å². The molecule has 1 aromatic heterocycles. The molecule has 0 bridgehead atoms. The molecule has 0 radical (unpaired) electrons. The Morgan fingerprint density at radius 3 is 2.84 bits per heavy atom. The van der Waals surface area contributed by atoms with Crippen LogP contribution in [0, 0.1) is 0 Å². The number of carbonyl (C=O) groups excluding carboxylic acids is 2. The molecule has 2 aliphatic heterocycles. The monoisotopic (exact) mass is 341 g/mol. The number of hydrogen-bond donors (Lipinski definition) is 2. The van der Waals surface area contributed by atoms with Crippen molar-refractivity contribution in [1.82, 2.24) is 4.98 Å². The van der Waals surface area contributed by atoms with E-state index in [1.165, 1.54) is 13.1 Å². The van der Waals surface area contributed by atoms with Crippen molar-refractivity contribution in [3.8, 4) is 17.2 Å². The molecule has 0 saturated carbocycles. The Hall–Kier alpha value is -3.29. The highest BCUT2D eigenvalue weighted by molar-refractivity contribution is 6.18. The van der Waals surface area contributed by atoms with Gasteiger partial charge in [-0.1, -0.05) is 0 Å². The fourth-order valence-electron chi connectivity index (χ4n) is 2.58. The lowest BCUT2D eigenvalue weighted by Gasteiger charge is -2.32. The number of aromatic nitrogens is 1. The van der Waals surface area contributed by atoms with Gasteiger partial charge in [0, 0.05) is 18.0 Å². The average Bonchev–Trinajstić information content (AvgIpc) is 2.62. The molecule has 2 aromatic rings. The van der Waals surface area contributed by atoms with Gasteiger partial charge in [-0.15, -0.1) is 0 Å². The van der Waals surface area contributed by atoms with Gasteiger partial charge in [0.05, 0.1) is 0 Å². The Balaban J connectivity index is 1.57. The number of nitrogens with zero attached hydrogens (tertiary/aromatic N) is 1. The Bertz CT molecular complexity index is 869. The van der Waals surface area contributed by atoms with Gasteiger partial charge in [-0.05, 0) is 31.2 Å². The van der Waals surface area contributed by atoms with E-state index in [4.69, 9.17) is 14.2 Å². The van der Waals surface area contributed by atoms with Gasteiger partial charge in [-0.2, -0.15) is 0 Å². The number of amides is 2. The molecule has 3 heterocycles. The lowest BCUT2D eigenvalue weighted by atomic mass is 10.0. The van der Waals surface area contributed by atoms with Crippen LogP contribution in [-0.4, -0.2) is 35.6 Å². The molecular formula is C17H15N3O5. The highest BCUT2D eigenvalue weighted by atomic mass is 16.6. The number of hydrogen-bond acceptors (Lipinski definition) is 6. The maximum atomic E-state index is 12.7. The molecule has 2 aliphatic rings. The van der Waals surface area contributed by atoms with Crippen LogP contribution in [0.3, 0.4) is 0 Å². The number of rotatable bonds is 2. The van der Waals surface area contributed by atoms with Crippen LogP contribution in [0.5, 0.6) is 17.2 Å². The predicted octanol–water partition coefficient (Wildman–Crippen LogP) is 1.58. The minimum absolute atomic E-state index is 0.289. The standard InChI is InChI=1S/C17H15N3O5/c1-17(16(22)20-14-12(25-17)3-2-6-18-14)15(21)19-10-4-5-11-13(9-10)24-8-7-23-11/h2-6,9H,7-8H2,1H3,(H,19,21)(H,18,20,22)/t17-/m0/s1. The van der Waals surface area contributed by atoms with Crippen molar-refractivity contribution < 1.29 is 23.8 Å². The van der Waals surface area contributed by atoms with Gasteiger partial charge in [0.25, 0.3) is 17.4 Å². The minimum Gasteiger partial charge on any atom is -0.486 e. The quantitative estimate of drug-likeness (QED) is 0.805. The summed E-state index contributed by atoms with van der Waals surface area (Å²) in [5, 5.41) is 5.27. The summed E-state index contributed by atoms with van der Waals surface area (Å²) < 4.78 is 16.6. The number of nitrogens with one attached hydrogen (secondary N) is 2. The largest absolute Gasteiger partial charge is 0.486 e. The van der Waals surface area contributed by atoms with E-state index in [2.05, 4.69) is 15.6 Å². The average molecular weight is 341 g/mol. The van der Waals surface area contributed by atoms with Crippen molar-refractivity contribution in [2.24, 2.45) is 0 Å². The van der Waals surface area contributed by atoms with Crippen molar-refractivity contribution in [2.45, 2.75) is 12.5 Å². The Morgan fingerprint density at radius 2 is 2.00 bits per heavy atom. The number of ether oxygens (including phenoxy) is 3. The van der Waals surface area contributed by atoms with Gasteiger partial charge in [-0.25, -0.2) is 4.98 Å². The molecule has 8 heteroatoms. The smallest absolute Gasteiger partial charge is 0.279 e. The highest BCUT2D eigenvalue weighted by Gasteiger charge is 2.47. The first-order valence-corrected chi connectivity index (χ1v) is 7.73. The molecule has 1 atom stereocenters. The number of benzene rings is 1. The molecule has 128 valence electrons. The molecule has 0 aliphatic carbocycles. The van der Waals surface area contributed by atoms with Crippen molar-refractivity contribution in [2.75, 3.05) is 23.8 Å². The van der Waals surface area contributed by atoms with E-state index >= 15 is 0 Å². The highest BCUT2D eigenvalue weighted by Crippen LogP contribution is 2.34. The molecular weight excluding hydrogens is 326 g/mol. The number of fused-ring (bicyclic) bond motifs is 2. The van der Waals surface area contributed by atoms with E-state index in [0.717, 1.165) is 0 Å². The van der Waals surface area contributed by atoms with Gasteiger partial charge in [0.2, 0.25) is 0 Å². The van der Waals surface area contributed by atoms with Crippen LogP contribution >= 0.6 is 0 Å². The Morgan fingerprint density at radius 1 is 1.20 bits per heavy atom. The van der Waals surface area contributed by atoms with Gasteiger partial charge < -0.3 is 24.8 Å². The van der Waals surface area contributed by atoms with E-state index in [0.29, 0.717) is 36.1 Å². The molecule has 1 aromatic carbocycles. The van der Waals surface area contributed by atoms with Gasteiger partial charge >= 0.3 is 0 Å². The van der Waals surface area contributed by atoms with Gasteiger partial charge in [-0.3, -0.25) is 9.59 Å². The number of pyridine rings is 1. The van der Waals surface area contributed by atoms with Gasteiger partial charge in [0.1, 0.15) is 13.2 Å². The van der Waals surface area contributed by atoms with Crippen LogP contribution in [0.1, 0.15) is 6.92 Å². The molecule has 25 heavy (non-hydrogen) atoms. The van der Waals surface area contributed by atoms with Crippen LogP contribution in [0.4, 0.5) is 11.5 Å². The third-order valence-electron chi connectivity index (χ3n) is 3.98. The molecule has 8 nitrogen and oxygen atoms in total. The Labute approximate surface area is 143 Å². The van der Waals surface area contributed by atoms with E-state index in [1.807, 2.05) is 0 Å². The predicted molar refractivity (Wildman–Crippen MR) is 88.0 cm³/mol. The van der Waals surface area contributed by atoms with Gasteiger partial charge in [0.15, 0.2) is 23.1 Å². The number of anilines is 2. The zero-order chi connectivity index (χ0) is 17.4. The summed E-state index contributed by atoms with van der Waals surface area (Å²) in [5.41, 5.74) is -1.24. The summed E-state index contributed by atoms with van der Waals surface area (Å²) >= 11 is 0. The van der Waals surface area contributed by atoms with E-state index in [1.54, 1.807) is 30.3 Å². The lowest BCUT2D eigenvalue weighted by Crippen LogP contribution is -2.56. The second-order valence-electron chi connectivity index (χ2n) is 5.75. The third kappa shape index (κ3) is 2.61. The lowest BCUT2D eigenvalue weighted by molar-refractivity contribution is -0.143. The molecule has 2 amide bonds. The SMILES string of the molecule is C[C@@]1(C(=O)Nc2ccc3c(c2)OCCO3)Oc2cccnc2NC1=O. The normalized spacial score (nSPS) is 20.8. The molecule has 0 spiro atoms. The first-order valence-electron chi connectivity index (χ1n) is 7.73. The Kier molecular flexibility index (Phi) is 3.45. The molecule has 4 rings (SSSR count). The third-order valence-corrected chi connectivity index (χ3v) is 3.98. The number of carbonyl (C=O) groups is 2. The minimum atomic E-state index is -1.72. The maximum absolute atomic E-state index is 12.7. The first-order chi connectivity index (χ1) is 12.1. The zero-order valence-electron chi connectivity index (χ0n) is 13.4. The van der Waals surface area contributed by atoms with E-state index < -0.39 is 17.4 Å². The fraction of sp³-hybridized carbons (Fsp3) is 0.235. The molecule has 0 fully saturated rings. The summed E-state index contributed by atoms with van der Waals surface area (Å²) in [6.07, 6.45) is 1.53. The molecule has 0 saturated heterocycles. The van der Waals surface area contributed by atoms with Crippen LogP contribution in [-0.2, 0) is 9.59 Å². The van der Waals surface area contributed by atoms with Crippen molar-refractivity contribution in [3.05, 3.63) is 36.5 Å². The van der Waals surface area contributed by atoms with Crippen LogP contribution < -0.4 is 24.8 Å². The van der Waals surface area contributed by atoms with E-state index in [-0.39, 0.29) is 5.82 Å². The van der Waals surface area contributed by atoms with Crippen LogP contribution in [0.15, 0.2) is 36.5 Å². The second-order valence-corrected chi connectivity index (χ2v) is 5.75.